The molecule has 0 saturated heterocycles. The molecule has 0 unspecified atom stereocenters. The van der Waals surface area contributed by atoms with Crippen molar-refractivity contribution in [2.45, 2.75) is 4.90 Å². The van der Waals surface area contributed by atoms with Gasteiger partial charge in [0.1, 0.15) is 4.90 Å². The summed E-state index contributed by atoms with van der Waals surface area (Å²) in [7, 11) is -4.00. The van der Waals surface area contributed by atoms with Crippen molar-refractivity contribution in [3.63, 3.8) is 0 Å². The van der Waals surface area contributed by atoms with Crippen molar-refractivity contribution >= 4 is 55.7 Å². The van der Waals surface area contributed by atoms with Gasteiger partial charge in [0.25, 0.3) is 10.0 Å². The first-order valence-corrected chi connectivity index (χ1v) is 11.3. The van der Waals surface area contributed by atoms with E-state index in [4.69, 9.17) is 23.2 Å². The Morgan fingerprint density at radius 1 is 0.839 bits per heavy atom. The number of benzene rings is 4. The number of anilines is 1. The first kappa shape index (κ1) is 21.2. The lowest BCUT2D eigenvalue weighted by molar-refractivity contribution is 0.0697. The summed E-state index contributed by atoms with van der Waals surface area (Å²) in [4.78, 5) is 11.2. The Kier molecular flexibility index (Phi) is 5.62. The van der Waals surface area contributed by atoms with E-state index in [-0.39, 0.29) is 20.5 Å². The fraction of sp³-hybridized carbons (Fsp3) is 0. The molecular weight excluding hydrogens is 457 g/mol. The van der Waals surface area contributed by atoms with Crippen molar-refractivity contribution in [3.05, 3.63) is 94.5 Å². The second kappa shape index (κ2) is 8.23. The maximum absolute atomic E-state index is 13.0. The number of halogens is 2. The highest BCUT2D eigenvalue weighted by Crippen LogP contribution is 2.36. The minimum absolute atomic E-state index is 0.0527. The maximum atomic E-state index is 13.0. The number of hydrogen-bond acceptors (Lipinski definition) is 3. The molecule has 0 atom stereocenters. The van der Waals surface area contributed by atoms with E-state index in [0.717, 1.165) is 10.9 Å². The van der Waals surface area contributed by atoms with Crippen LogP contribution in [0.3, 0.4) is 0 Å². The van der Waals surface area contributed by atoms with Crippen LogP contribution in [0.1, 0.15) is 10.4 Å². The Morgan fingerprint density at radius 2 is 1.55 bits per heavy atom. The van der Waals surface area contributed by atoms with Crippen molar-refractivity contribution in [1.82, 2.24) is 0 Å². The molecule has 0 aromatic heterocycles. The van der Waals surface area contributed by atoms with Gasteiger partial charge in [-0.2, -0.15) is 0 Å². The zero-order valence-corrected chi connectivity index (χ0v) is 18.2. The minimum Gasteiger partial charge on any atom is -0.478 e. The highest BCUT2D eigenvalue weighted by molar-refractivity contribution is 7.92. The monoisotopic (exact) mass is 471 g/mol. The summed E-state index contributed by atoms with van der Waals surface area (Å²) < 4.78 is 28.5. The van der Waals surface area contributed by atoms with E-state index in [1.807, 2.05) is 18.2 Å². The molecule has 0 saturated carbocycles. The van der Waals surface area contributed by atoms with Gasteiger partial charge in [-0.15, -0.1) is 0 Å². The van der Waals surface area contributed by atoms with Crippen LogP contribution in [0.5, 0.6) is 0 Å². The smallest absolute Gasteiger partial charge is 0.335 e. The van der Waals surface area contributed by atoms with E-state index < -0.39 is 16.0 Å². The van der Waals surface area contributed by atoms with Gasteiger partial charge in [0.2, 0.25) is 0 Å². The number of nitrogens with one attached hydrogen (secondary N) is 1. The zero-order chi connectivity index (χ0) is 22.2. The number of carboxylic acid groups (broad SMARTS) is 1. The van der Waals surface area contributed by atoms with Gasteiger partial charge in [-0.1, -0.05) is 71.7 Å². The van der Waals surface area contributed by atoms with Gasteiger partial charge in [0.05, 0.1) is 21.3 Å². The molecule has 0 spiro atoms. The topological polar surface area (TPSA) is 83.5 Å². The van der Waals surface area contributed by atoms with Crippen LogP contribution >= 0.6 is 23.2 Å². The highest BCUT2D eigenvalue weighted by atomic mass is 35.5. The number of aromatic carboxylic acids is 1. The van der Waals surface area contributed by atoms with Crippen LogP contribution in [0.25, 0.3) is 21.9 Å². The summed E-state index contributed by atoms with van der Waals surface area (Å²) in [6.07, 6.45) is 0. The normalized spacial score (nSPS) is 11.4. The Labute approximate surface area is 188 Å². The second-order valence-electron chi connectivity index (χ2n) is 6.75. The molecule has 0 aliphatic heterocycles. The molecule has 4 rings (SSSR count). The van der Waals surface area contributed by atoms with Crippen LogP contribution in [0, 0.1) is 0 Å². The third-order valence-corrected chi connectivity index (χ3v) is 7.13. The molecule has 8 heteroatoms. The summed E-state index contributed by atoms with van der Waals surface area (Å²) in [6.45, 7) is 0. The van der Waals surface area contributed by atoms with E-state index in [1.54, 1.807) is 36.4 Å². The van der Waals surface area contributed by atoms with Crippen molar-refractivity contribution in [2.24, 2.45) is 0 Å². The molecule has 0 heterocycles. The van der Waals surface area contributed by atoms with E-state index in [1.165, 1.54) is 24.3 Å². The minimum atomic E-state index is -4.00. The Hall–Kier alpha value is -3.06. The SMILES string of the molecule is O=C(O)c1cccc(-c2ccc(NS(=O)(=O)c3cccc(Cl)c3Cl)c3ccccc23)c1. The summed E-state index contributed by atoms with van der Waals surface area (Å²) in [5.74, 6) is -1.02. The third-order valence-electron chi connectivity index (χ3n) is 4.79. The Morgan fingerprint density at radius 3 is 2.29 bits per heavy atom. The number of carbonyl (C=O) groups is 1. The summed E-state index contributed by atoms with van der Waals surface area (Å²) in [5.41, 5.74) is 2.03. The highest BCUT2D eigenvalue weighted by Gasteiger charge is 2.21. The van der Waals surface area contributed by atoms with Gasteiger partial charge in [-0.05, 0) is 46.8 Å². The molecule has 0 bridgehead atoms. The van der Waals surface area contributed by atoms with Gasteiger partial charge in [-0.25, -0.2) is 13.2 Å². The van der Waals surface area contributed by atoms with Crippen LogP contribution < -0.4 is 4.72 Å². The lowest BCUT2D eigenvalue weighted by Crippen LogP contribution is -2.14. The van der Waals surface area contributed by atoms with Crippen molar-refractivity contribution in [1.29, 1.82) is 0 Å². The summed E-state index contributed by atoms with van der Waals surface area (Å²) in [6, 6.07) is 21.6. The van der Waals surface area contributed by atoms with Gasteiger partial charge in [0, 0.05) is 5.39 Å². The fourth-order valence-electron chi connectivity index (χ4n) is 3.35. The molecule has 0 fully saturated rings. The number of sulfonamides is 1. The molecule has 2 N–H and O–H groups in total. The zero-order valence-electron chi connectivity index (χ0n) is 15.8. The van der Waals surface area contributed by atoms with Gasteiger partial charge < -0.3 is 5.11 Å². The molecule has 0 aliphatic rings. The largest absolute Gasteiger partial charge is 0.478 e. The summed E-state index contributed by atoms with van der Waals surface area (Å²) >= 11 is 12.1. The standard InChI is InChI=1S/C23H15Cl2NO4S/c24-19-9-4-10-21(22(19)25)31(29,30)26-20-12-11-16(17-7-1-2-8-18(17)20)14-5-3-6-15(13-14)23(27)28/h1-13,26H,(H,27,28). The maximum Gasteiger partial charge on any atom is 0.335 e. The molecule has 4 aromatic carbocycles. The molecule has 156 valence electrons. The molecule has 5 nitrogen and oxygen atoms in total. The van der Waals surface area contributed by atoms with Crippen LogP contribution in [0.4, 0.5) is 5.69 Å². The van der Waals surface area contributed by atoms with Gasteiger partial charge in [-0.3, -0.25) is 4.72 Å². The van der Waals surface area contributed by atoms with E-state index >= 15 is 0 Å². The van der Waals surface area contributed by atoms with E-state index in [0.29, 0.717) is 16.6 Å². The van der Waals surface area contributed by atoms with Crippen LogP contribution in [0.15, 0.2) is 83.8 Å². The van der Waals surface area contributed by atoms with Crippen LogP contribution in [-0.4, -0.2) is 19.5 Å². The van der Waals surface area contributed by atoms with Gasteiger partial charge in [0.15, 0.2) is 0 Å². The van der Waals surface area contributed by atoms with Crippen LogP contribution in [0.2, 0.25) is 10.0 Å². The molecule has 0 radical (unpaired) electrons. The summed E-state index contributed by atoms with van der Waals surface area (Å²) in [5, 5.41) is 10.8. The van der Waals surface area contributed by atoms with Gasteiger partial charge >= 0.3 is 5.97 Å². The third kappa shape index (κ3) is 4.10. The first-order chi connectivity index (χ1) is 14.8. The fourth-order valence-corrected chi connectivity index (χ4v) is 5.19. The van der Waals surface area contributed by atoms with Crippen molar-refractivity contribution in [2.75, 3.05) is 4.72 Å². The Balaban J connectivity index is 1.83. The average molecular weight is 472 g/mol. The molecule has 31 heavy (non-hydrogen) atoms. The predicted molar refractivity (Wildman–Crippen MR) is 124 cm³/mol. The number of carboxylic acids is 1. The van der Waals surface area contributed by atoms with Crippen LogP contribution in [-0.2, 0) is 10.0 Å². The second-order valence-corrected chi connectivity index (χ2v) is 9.19. The van der Waals surface area contributed by atoms with Crippen molar-refractivity contribution in [3.8, 4) is 11.1 Å². The quantitative estimate of drug-likeness (QED) is 0.357. The number of hydrogen-bond donors (Lipinski definition) is 2. The molecule has 4 aromatic rings. The van der Waals surface area contributed by atoms with E-state index in [2.05, 4.69) is 4.72 Å². The molecule has 0 aliphatic carbocycles. The predicted octanol–water partition coefficient (Wildman–Crippen LogP) is 6.31. The Bertz CT molecular complexity index is 1430. The molecule has 0 amide bonds. The number of fused-ring (bicyclic) bond motifs is 1. The lowest BCUT2D eigenvalue weighted by Gasteiger charge is -2.15. The number of rotatable bonds is 5. The van der Waals surface area contributed by atoms with Crippen molar-refractivity contribution < 1.29 is 18.3 Å². The first-order valence-electron chi connectivity index (χ1n) is 9.10. The average Bonchev–Trinajstić information content (AvgIpc) is 2.75. The molecular formula is C23H15Cl2NO4S. The lowest BCUT2D eigenvalue weighted by atomic mass is 9.96. The van der Waals surface area contributed by atoms with E-state index in [9.17, 15) is 18.3 Å².